The number of nitrogens with zero attached hydrogens (tertiary/aromatic N) is 2. The molecule has 0 amide bonds. The van der Waals surface area contributed by atoms with Crippen molar-refractivity contribution in [1.29, 1.82) is 0 Å². The molecule has 0 fully saturated rings. The third-order valence-electron chi connectivity index (χ3n) is 3.18. The highest BCUT2D eigenvalue weighted by atomic mass is 32.2. The largest absolute Gasteiger partial charge is 0.338 e. The minimum atomic E-state index is 0.545. The third-order valence-corrected chi connectivity index (χ3v) is 4.16. The molecular weight excluding hydrogens is 280 g/mol. The zero-order valence-corrected chi connectivity index (χ0v) is 13.1. The summed E-state index contributed by atoms with van der Waals surface area (Å²) in [5.74, 6) is 2.76. The lowest BCUT2D eigenvalue weighted by molar-refractivity contribution is 0.382. The third kappa shape index (κ3) is 3.64. The summed E-state index contributed by atoms with van der Waals surface area (Å²) in [4.78, 5) is 5.65. The lowest BCUT2D eigenvalue weighted by atomic mass is 10.1. The van der Waals surface area contributed by atoms with Crippen molar-refractivity contribution in [3.63, 3.8) is 0 Å². The molecule has 2 aromatic carbocycles. The summed E-state index contributed by atoms with van der Waals surface area (Å²) in [7, 11) is 0. The molecule has 108 valence electrons. The van der Waals surface area contributed by atoms with Gasteiger partial charge in [0.1, 0.15) is 0 Å². The number of benzene rings is 2. The molecule has 0 unspecified atom stereocenters. The van der Waals surface area contributed by atoms with Gasteiger partial charge in [0, 0.05) is 11.3 Å². The summed E-state index contributed by atoms with van der Waals surface area (Å²) < 4.78 is 5.29. The lowest BCUT2D eigenvalue weighted by Gasteiger charge is -2.01. The Morgan fingerprint density at radius 1 is 1.10 bits per heavy atom. The molecule has 4 heteroatoms. The van der Waals surface area contributed by atoms with Gasteiger partial charge in [-0.05, 0) is 28.8 Å². The number of aromatic nitrogens is 2. The van der Waals surface area contributed by atoms with E-state index in [0.717, 1.165) is 12.2 Å². The zero-order valence-electron chi connectivity index (χ0n) is 12.2. The first kappa shape index (κ1) is 14.1. The van der Waals surface area contributed by atoms with Crippen molar-refractivity contribution in [2.45, 2.75) is 30.9 Å². The van der Waals surface area contributed by atoms with Crippen LogP contribution < -0.4 is 0 Å². The molecule has 0 aliphatic heterocycles. The zero-order chi connectivity index (χ0) is 14.7. The van der Waals surface area contributed by atoms with Gasteiger partial charge in [0.25, 0.3) is 0 Å². The Balaban J connectivity index is 1.67. The van der Waals surface area contributed by atoms with Gasteiger partial charge in [-0.3, -0.25) is 0 Å². The molecule has 3 rings (SSSR count). The highest BCUT2D eigenvalue weighted by molar-refractivity contribution is 7.98. The molecule has 0 aliphatic rings. The van der Waals surface area contributed by atoms with Crippen LogP contribution in [0, 0.1) is 5.92 Å². The van der Waals surface area contributed by atoms with Crippen molar-refractivity contribution in [3.8, 4) is 0 Å². The number of thioether (sulfide) groups is 1. The van der Waals surface area contributed by atoms with E-state index in [1.54, 1.807) is 11.8 Å². The van der Waals surface area contributed by atoms with Crippen LogP contribution in [0.5, 0.6) is 0 Å². The summed E-state index contributed by atoms with van der Waals surface area (Å²) in [5.41, 5.74) is 0. The van der Waals surface area contributed by atoms with Crippen LogP contribution in [0.3, 0.4) is 0 Å². The number of hydrogen-bond acceptors (Lipinski definition) is 4. The topological polar surface area (TPSA) is 38.9 Å². The second-order valence-corrected chi connectivity index (χ2v) is 6.55. The minimum Gasteiger partial charge on any atom is -0.338 e. The average Bonchev–Trinajstić information content (AvgIpc) is 2.91. The van der Waals surface area contributed by atoms with E-state index in [2.05, 4.69) is 66.5 Å². The molecular formula is C17H18N2OS. The maximum Gasteiger partial charge on any atom is 0.237 e. The Morgan fingerprint density at radius 3 is 2.71 bits per heavy atom. The first-order chi connectivity index (χ1) is 10.2. The minimum absolute atomic E-state index is 0.545. The molecule has 3 aromatic rings. The molecule has 21 heavy (non-hydrogen) atoms. The maximum atomic E-state index is 5.29. The van der Waals surface area contributed by atoms with E-state index in [-0.39, 0.29) is 0 Å². The van der Waals surface area contributed by atoms with E-state index in [1.807, 2.05) is 0 Å². The van der Waals surface area contributed by atoms with Crippen LogP contribution in [-0.2, 0) is 12.2 Å². The first-order valence-corrected chi connectivity index (χ1v) is 8.12. The van der Waals surface area contributed by atoms with Crippen molar-refractivity contribution < 1.29 is 4.52 Å². The fourth-order valence-corrected chi connectivity index (χ4v) is 2.98. The molecule has 0 spiro atoms. The van der Waals surface area contributed by atoms with Crippen molar-refractivity contribution in [2.24, 2.45) is 5.92 Å². The second kappa shape index (κ2) is 6.31. The molecule has 1 aromatic heterocycles. The van der Waals surface area contributed by atoms with E-state index in [1.165, 1.54) is 15.7 Å². The van der Waals surface area contributed by atoms with Crippen molar-refractivity contribution in [2.75, 3.05) is 0 Å². The van der Waals surface area contributed by atoms with Crippen LogP contribution in [0.4, 0.5) is 0 Å². The summed E-state index contributed by atoms with van der Waals surface area (Å²) in [6, 6.07) is 14.9. The van der Waals surface area contributed by atoms with Crippen molar-refractivity contribution in [1.82, 2.24) is 10.1 Å². The van der Waals surface area contributed by atoms with Crippen LogP contribution in [0.1, 0.15) is 25.6 Å². The van der Waals surface area contributed by atoms with Gasteiger partial charge < -0.3 is 4.52 Å². The molecule has 1 heterocycles. The fraction of sp³-hybridized carbons (Fsp3) is 0.294. The first-order valence-electron chi connectivity index (χ1n) is 7.14. The van der Waals surface area contributed by atoms with Crippen LogP contribution >= 0.6 is 11.8 Å². The standard InChI is InChI=1S/C17H18N2OS/c1-12(2)9-16-18-17(20-19-16)11-21-15-8-7-13-5-3-4-6-14(13)10-15/h3-8,10,12H,9,11H2,1-2H3. The van der Waals surface area contributed by atoms with Gasteiger partial charge in [-0.15, -0.1) is 11.8 Å². The Morgan fingerprint density at radius 2 is 1.90 bits per heavy atom. The summed E-state index contributed by atoms with van der Waals surface area (Å²) in [5, 5.41) is 6.54. The summed E-state index contributed by atoms with van der Waals surface area (Å²) in [6.45, 7) is 4.31. The van der Waals surface area contributed by atoms with Crippen molar-refractivity contribution in [3.05, 3.63) is 54.2 Å². The quantitative estimate of drug-likeness (QED) is 0.639. The molecule has 0 bridgehead atoms. The summed E-state index contributed by atoms with van der Waals surface area (Å²) in [6.07, 6.45) is 0.865. The predicted molar refractivity (Wildman–Crippen MR) is 86.3 cm³/mol. The van der Waals surface area contributed by atoms with E-state index in [4.69, 9.17) is 4.52 Å². The van der Waals surface area contributed by atoms with Crippen LogP contribution in [-0.4, -0.2) is 10.1 Å². The highest BCUT2D eigenvalue weighted by Crippen LogP contribution is 2.26. The molecule has 0 aliphatic carbocycles. The Kier molecular flexibility index (Phi) is 4.25. The van der Waals surface area contributed by atoms with Gasteiger partial charge in [0.2, 0.25) is 5.89 Å². The van der Waals surface area contributed by atoms with Crippen LogP contribution in [0.2, 0.25) is 0 Å². The van der Waals surface area contributed by atoms with E-state index in [0.29, 0.717) is 17.6 Å². The normalized spacial score (nSPS) is 11.4. The summed E-state index contributed by atoms with van der Waals surface area (Å²) >= 11 is 1.72. The van der Waals surface area contributed by atoms with Crippen LogP contribution in [0.15, 0.2) is 51.9 Å². The Labute approximate surface area is 128 Å². The molecule has 0 atom stereocenters. The smallest absolute Gasteiger partial charge is 0.237 e. The predicted octanol–water partition coefficient (Wildman–Crippen LogP) is 4.71. The highest BCUT2D eigenvalue weighted by Gasteiger charge is 2.08. The lowest BCUT2D eigenvalue weighted by Crippen LogP contribution is -1.96. The van der Waals surface area contributed by atoms with E-state index >= 15 is 0 Å². The molecule has 0 N–H and O–H groups in total. The Hall–Kier alpha value is -1.81. The van der Waals surface area contributed by atoms with Gasteiger partial charge in [-0.2, -0.15) is 4.98 Å². The number of hydrogen-bond donors (Lipinski definition) is 0. The van der Waals surface area contributed by atoms with E-state index < -0.39 is 0 Å². The molecule has 0 radical (unpaired) electrons. The van der Waals surface area contributed by atoms with Crippen LogP contribution in [0.25, 0.3) is 10.8 Å². The SMILES string of the molecule is CC(C)Cc1noc(CSc2ccc3ccccc3c2)n1. The van der Waals surface area contributed by atoms with Crippen molar-refractivity contribution >= 4 is 22.5 Å². The number of rotatable bonds is 5. The maximum absolute atomic E-state index is 5.29. The fourth-order valence-electron chi connectivity index (χ4n) is 2.20. The molecule has 0 saturated heterocycles. The van der Waals surface area contributed by atoms with Gasteiger partial charge >= 0.3 is 0 Å². The number of fused-ring (bicyclic) bond motifs is 1. The van der Waals surface area contributed by atoms with Gasteiger partial charge in [-0.25, -0.2) is 0 Å². The molecule has 3 nitrogen and oxygen atoms in total. The Bertz CT molecular complexity index is 736. The van der Waals surface area contributed by atoms with E-state index in [9.17, 15) is 0 Å². The monoisotopic (exact) mass is 298 g/mol. The molecule has 0 saturated carbocycles. The average molecular weight is 298 g/mol. The van der Waals surface area contributed by atoms with Gasteiger partial charge in [0.05, 0.1) is 5.75 Å². The second-order valence-electron chi connectivity index (χ2n) is 5.50. The van der Waals surface area contributed by atoms with Gasteiger partial charge in [0.15, 0.2) is 5.82 Å². The van der Waals surface area contributed by atoms with Gasteiger partial charge in [-0.1, -0.05) is 49.3 Å².